The number of hydrogen-bond acceptors (Lipinski definition) is 4. The zero-order valence-corrected chi connectivity index (χ0v) is 14.2. The van der Waals surface area contributed by atoms with Crippen LogP contribution in [0.15, 0.2) is 27.8 Å². The Morgan fingerprint density at radius 2 is 2.24 bits per heavy atom. The van der Waals surface area contributed by atoms with Crippen LogP contribution in [-0.4, -0.2) is 40.8 Å². The minimum absolute atomic E-state index is 0.134. The van der Waals surface area contributed by atoms with E-state index in [9.17, 15) is 8.42 Å². The standard InChI is InChI=1S/C13H17BrN4O2S/c1-13(2)4-9(15)7-18(13)21(19,20)11-6-17-12-10(11)3-8(14)5-16-12/h3,5-6,9H,4,7,15H2,1-2H3,(H,16,17). The summed E-state index contributed by atoms with van der Waals surface area (Å²) in [4.78, 5) is 7.34. The summed E-state index contributed by atoms with van der Waals surface area (Å²) in [6.07, 6.45) is 3.78. The van der Waals surface area contributed by atoms with Crippen LogP contribution in [0.1, 0.15) is 20.3 Å². The van der Waals surface area contributed by atoms with Crippen LogP contribution in [0.4, 0.5) is 0 Å². The number of fused-ring (bicyclic) bond motifs is 1. The maximum atomic E-state index is 13.0. The van der Waals surface area contributed by atoms with Gasteiger partial charge in [-0.05, 0) is 42.3 Å². The van der Waals surface area contributed by atoms with E-state index in [4.69, 9.17) is 5.73 Å². The number of nitrogens with one attached hydrogen (secondary N) is 1. The van der Waals surface area contributed by atoms with Gasteiger partial charge in [-0.1, -0.05) is 0 Å². The number of halogens is 1. The predicted molar refractivity (Wildman–Crippen MR) is 84.4 cm³/mol. The molecule has 8 heteroatoms. The number of sulfonamides is 1. The van der Waals surface area contributed by atoms with Crippen molar-refractivity contribution in [3.8, 4) is 0 Å². The van der Waals surface area contributed by atoms with Crippen molar-refractivity contribution in [2.45, 2.75) is 36.7 Å². The molecular weight excluding hydrogens is 356 g/mol. The smallest absolute Gasteiger partial charge is 0.245 e. The van der Waals surface area contributed by atoms with Crippen LogP contribution in [0.2, 0.25) is 0 Å². The van der Waals surface area contributed by atoms with E-state index in [0.717, 1.165) is 4.47 Å². The lowest BCUT2D eigenvalue weighted by Crippen LogP contribution is -2.42. The molecule has 2 aromatic rings. The number of H-pyrrole nitrogens is 1. The van der Waals surface area contributed by atoms with Crippen LogP contribution in [0.25, 0.3) is 11.0 Å². The summed E-state index contributed by atoms with van der Waals surface area (Å²) in [6.45, 7) is 4.14. The first-order valence-corrected chi connectivity index (χ1v) is 8.86. The van der Waals surface area contributed by atoms with E-state index in [1.807, 2.05) is 13.8 Å². The number of aromatic amines is 1. The molecule has 0 amide bonds. The van der Waals surface area contributed by atoms with Crippen molar-refractivity contribution in [2.24, 2.45) is 5.73 Å². The van der Waals surface area contributed by atoms with Crippen LogP contribution in [0.5, 0.6) is 0 Å². The van der Waals surface area contributed by atoms with Gasteiger partial charge >= 0.3 is 0 Å². The molecule has 1 saturated heterocycles. The summed E-state index contributed by atoms with van der Waals surface area (Å²) in [6, 6.07) is 1.62. The van der Waals surface area contributed by atoms with Gasteiger partial charge in [0.2, 0.25) is 10.0 Å². The molecule has 0 aliphatic carbocycles. The molecule has 1 aliphatic rings. The third-order valence-electron chi connectivity index (χ3n) is 3.87. The molecule has 3 heterocycles. The lowest BCUT2D eigenvalue weighted by atomic mass is 10.0. The molecule has 0 saturated carbocycles. The Hall–Kier alpha value is -0.960. The highest BCUT2D eigenvalue weighted by molar-refractivity contribution is 9.10. The summed E-state index contributed by atoms with van der Waals surface area (Å²) >= 11 is 3.33. The highest BCUT2D eigenvalue weighted by Crippen LogP contribution is 2.35. The second-order valence-corrected chi connectivity index (χ2v) is 8.76. The van der Waals surface area contributed by atoms with Gasteiger partial charge in [-0.15, -0.1) is 0 Å². The molecule has 1 atom stereocenters. The van der Waals surface area contributed by atoms with Gasteiger partial charge in [-0.2, -0.15) is 4.31 Å². The maximum Gasteiger partial charge on any atom is 0.245 e. The maximum absolute atomic E-state index is 13.0. The average molecular weight is 373 g/mol. The highest BCUT2D eigenvalue weighted by atomic mass is 79.9. The second-order valence-electron chi connectivity index (χ2n) is 6.02. The molecule has 2 aromatic heterocycles. The number of aromatic nitrogens is 2. The SMILES string of the molecule is CC1(C)CC(N)CN1S(=O)(=O)c1c[nH]c2ncc(Br)cc12. The van der Waals surface area contributed by atoms with E-state index in [1.165, 1.54) is 10.5 Å². The second kappa shape index (κ2) is 4.77. The normalized spacial score (nSPS) is 23.0. The number of pyridine rings is 1. The van der Waals surface area contributed by atoms with Gasteiger partial charge in [0.25, 0.3) is 0 Å². The molecule has 1 fully saturated rings. The number of nitrogens with two attached hydrogens (primary N) is 1. The van der Waals surface area contributed by atoms with Crippen LogP contribution in [-0.2, 0) is 10.0 Å². The number of rotatable bonds is 2. The first-order valence-electron chi connectivity index (χ1n) is 6.63. The van der Waals surface area contributed by atoms with Crippen molar-refractivity contribution in [3.05, 3.63) is 22.9 Å². The third-order valence-corrected chi connectivity index (χ3v) is 6.42. The molecule has 114 valence electrons. The number of nitrogens with zero attached hydrogens (tertiary/aromatic N) is 2. The van der Waals surface area contributed by atoms with Gasteiger partial charge in [-0.3, -0.25) is 0 Å². The molecule has 0 radical (unpaired) electrons. The van der Waals surface area contributed by atoms with Crippen molar-refractivity contribution in [2.75, 3.05) is 6.54 Å². The molecular formula is C13H17BrN4O2S. The Bertz CT molecular complexity index is 800. The Labute approximate surface area is 131 Å². The zero-order chi connectivity index (χ0) is 15.4. The highest BCUT2D eigenvalue weighted by Gasteiger charge is 2.45. The molecule has 0 aromatic carbocycles. The minimum atomic E-state index is -3.62. The number of hydrogen-bond donors (Lipinski definition) is 2. The summed E-state index contributed by atoms with van der Waals surface area (Å²) in [7, 11) is -3.62. The predicted octanol–water partition coefficient (Wildman–Crippen LogP) is 1.83. The monoisotopic (exact) mass is 372 g/mol. The summed E-state index contributed by atoms with van der Waals surface area (Å²) < 4.78 is 28.2. The molecule has 1 unspecified atom stereocenters. The first-order chi connectivity index (χ1) is 9.72. The van der Waals surface area contributed by atoms with E-state index in [1.54, 1.807) is 12.3 Å². The van der Waals surface area contributed by atoms with Crippen molar-refractivity contribution in [1.82, 2.24) is 14.3 Å². The fourth-order valence-corrected chi connectivity index (χ4v) is 5.30. The van der Waals surface area contributed by atoms with E-state index in [-0.39, 0.29) is 10.9 Å². The van der Waals surface area contributed by atoms with E-state index in [0.29, 0.717) is 24.0 Å². The average Bonchev–Trinajstić information content (AvgIpc) is 2.89. The van der Waals surface area contributed by atoms with Crippen LogP contribution in [0, 0.1) is 0 Å². The van der Waals surface area contributed by atoms with Crippen LogP contribution in [0.3, 0.4) is 0 Å². The summed E-state index contributed by atoms with van der Waals surface area (Å²) in [5, 5.41) is 0.584. The Kier molecular flexibility index (Phi) is 3.40. The van der Waals surface area contributed by atoms with E-state index in [2.05, 4.69) is 25.9 Å². The fourth-order valence-electron chi connectivity index (χ4n) is 2.98. The van der Waals surface area contributed by atoms with Crippen molar-refractivity contribution >= 4 is 37.0 Å². The first kappa shape index (κ1) is 15.0. The summed E-state index contributed by atoms with van der Waals surface area (Å²) in [5.41, 5.74) is 6.02. The minimum Gasteiger partial charge on any atom is -0.345 e. The van der Waals surface area contributed by atoms with Crippen LogP contribution < -0.4 is 5.73 Å². The summed E-state index contributed by atoms with van der Waals surface area (Å²) in [5.74, 6) is 0. The lowest BCUT2D eigenvalue weighted by molar-refractivity contribution is 0.292. The Morgan fingerprint density at radius 1 is 1.52 bits per heavy atom. The van der Waals surface area contributed by atoms with Crippen molar-refractivity contribution < 1.29 is 8.42 Å². The van der Waals surface area contributed by atoms with E-state index < -0.39 is 15.6 Å². The van der Waals surface area contributed by atoms with Gasteiger partial charge in [0, 0.05) is 40.4 Å². The van der Waals surface area contributed by atoms with E-state index >= 15 is 0 Å². The molecule has 3 N–H and O–H groups in total. The molecule has 3 rings (SSSR count). The van der Waals surface area contributed by atoms with Gasteiger partial charge in [0.05, 0.1) is 0 Å². The third kappa shape index (κ3) is 2.40. The largest absolute Gasteiger partial charge is 0.345 e. The zero-order valence-electron chi connectivity index (χ0n) is 11.8. The van der Waals surface area contributed by atoms with Crippen molar-refractivity contribution in [1.29, 1.82) is 0 Å². The van der Waals surface area contributed by atoms with Crippen molar-refractivity contribution in [3.63, 3.8) is 0 Å². The topological polar surface area (TPSA) is 92.1 Å². The Morgan fingerprint density at radius 3 is 2.86 bits per heavy atom. The quantitative estimate of drug-likeness (QED) is 0.840. The lowest BCUT2D eigenvalue weighted by Gasteiger charge is -2.30. The fraction of sp³-hybridized carbons (Fsp3) is 0.462. The van der Waals surface area contributed by atoms with Gasteiger partial charge in [-0.25, -0.2) is 13.4 Å². The van der Waals surface area contributed by atoms with Gasteiger partial charge in [0.15, 0.2) is 0 Å². The molecule has 1 aliphatic heterocycles. The molecule has 6 nitrogen and oxygen atoms in total. The van der Waals surface area contributed by atoms with Gasteiger partial charge in [0.1, 0.15) is 10.5 Å². The van der Waals surface area contributed by atoms with Crippen LogP contribution >= 0.6 is 15.9 Å². The molecule has 0 bridgehead atoms. The molecule has 21 heavy (non-hydrogen) atoms. The Balaban J connectivity index is 2.15. The van der Waals surface area contributed by atoms with Gasteiger partial charge < -0.3 is 10.7 Å². The molecule has 0 spiro atoms.